The van der Waals surface area contributed by atoms with Crippen molar-refractivity contribution in [1.82, 2.24) is 14.9 Å². The van der Waals surface area contributed by atoms with E-state index in [0.717, 1.165) is 29.1 Å². The van der Waals surface area contributed by atoms with Crippen molar-refractivity contribution in [2.75, 3.05) is 6.54 Å². The third-order valence-electron chi connectivity index (χ3n) is 4.40. The fourth-order valence-electron chi connectivity index (χ4n) is 3.02. The number of nitrogens with one attached hydrogen (secondary N) is 1. The number of carbonyl (C=O) groups excluding carboxylic acids is 1. The van der Waals surface area contributed by atoms with Gasteiger partial charge < -0.3 is 9.88 Å². The summed E-state index contributed by atoms with van der Waals surface area (Å²) in [4.78, 5) is 22.0. The topological polar surface area (TPSA) is 49.0 Å². The summed E-state index contributed by atoms with van der Waals surface area (Å²) in [6.07, 6.45) is 0.592. The van der Waals surface area contributed by atoms with Crippen molar-refractivity contribution in [2.24, 2.45) is 0 Å². The smallest absolute Gasteiger partial charge is 0.254 e. The van der Waals surface area contributed by atoms with Gasteiger partial charge in [0, 0.05) is 29.1 Å². The zero-order valence-corrected chi connectivity index (χ0v) is 14.4. The molecule has 0 atom stereocenters. The molecule has 26 heavy (non-hydrogen) atoms. The molecular formula is C19H14ClF2N3O. The van der Waals surface area contributed by atoms with E-state index in [-0.39, 0.29) is 11.5 Å². The second kappa shape index (κ2) is 6.53. The molecule has 0 radical (unpaired) electrons. The van der Waals surface area contributed by atoms with Crippen LogP contribution in [0.15, 0.2) is 42.5 Å². The van der Waals surface area contributed by atoms with Crippen LogP contribution in [0.2, 0.25) is 5.02 Å². The first-order chi connectivity index (χ1) is 12.5. The van der Waals surface area contributed by atoms with E-state index in [1.807, 2.05) is 12.1 Å². The molecule has 1 N–H and O–H groups in total. The average Bonchev–Trinajstić information content (AvgIpc) is 3.07. The third kappa shape index (κ3) is 3.08. The summed E-state index contributed by atoms with van der Waals surface area (Å²) < 4.78 is 26.5. The largest absolute Gasteiger partial charge is 0.340 e. The van der Waals surface area contributed by atoms with Crippen LogP contribution in [-0.2, 0) is 13.0 Å². The average molecular weight is 374 g/mol. The van der Waals surface area contributed by atoms with Crippen LogP contribution in [0.25, 0.3) is 11.4 Å². The maximum absolute atomic E-state index is 13.4. The number of amides is 1. The van der Waals surface area contributed by atoms with E-state index in [1.54, 1.807) is 17.0 Å². The minimum Gasteiger partial charge on any atom is -0.340 e. The van der Waals surface area contributed by atoms with E-state index in [0.29, 0.717) is 30.4 Å². The van der Waals surface area contributed by atoms with Crippen LogP contribution in [0.5, 0.6) is 0 Å². The van der Waals surface area contributed by atoms with Crippen LogP contribution in [0, 0.1) is 11.6 Å². The summed E-state index contributed by atoms with van der Waals surface area (Å²) >= 11 is 5.91. The van der Waals surface area contributed by atoms with Crippen molar-refractivity contribution in [3.05, 3.63) is 76.1 Å². The van der Waals surface area contributed by atoms with E-state index in [1.165, 1.54) is 6.07 Å². The predicted octanol–water partition coefficient (Wildman–Crippen LogP) is 4.21. The number of nitrogens with zero attached hydrogens (tertiary/aromatic N) is 2. The first kappa shape index (κ1) is 16.7. The van der Waals surface area contributed by atoms with Gasteiger partial charge in [0.05, 0.1) is 17.9 Å². The molecule has 0 saturated carbocycles. The third-order valence-corrected chi connectivity index (χ3v) is 4.66. The maximum Gasteiger partial charge on any atom is 0.254 e. The first-order valence-electron chi connectivity index (χ1n) is 8.09. The summed E-state index contributed by atoms with van der Waals surface area (Å²) in [5.74, 6) is -1.62. The van der Waals surface area contributed by atoms with Crippen molar-refractivity contribution in [2.45, 2.75) is 13.0 Å². The Morgan fingerprint density at radius 1 is 1.12 bits per heavy atom. The molecule has 7 heteroatoms. The quantitative estimate of drug-likeness (QED) is 0.731. The fraction of sp³-hybridized carbons (Fsp3) is 0.158. The molecule has 132 valence electrons. The number of imidazole rings is 1. The number of aromatic amines is 1. The molecule has 0 aliphatic carbocycles. The Hall–Kier alpha value is -2.73. The molecule has 1 aliphatic heterocycles. The fourth-order valence-corrected chi connectivity index (χ4v) is 3.15. The highest BCUT2D eigenvalue weighted by molar-refractivity contribution is 6.30. The highest BCUT2D eigenvalue weighted by Crippen LogP contribution is 2.25. The second-order valence-corrected chi connectivity index (χ2v) is 6.56. The number of aromatic nitrogens is 2. The van der Waals surface area contributed by atoms with Gasteiger partial charge in [-0.1, -0.05) is 11.6 Å². The molecule has 4 rings (SSSR count). The van der Waals surface area contributed by atoms with Crippen molar-refractivity contribution in [1.29, 1.82) is 0 Å². The lowest BCUT2D eigenvalue weighted by Gasteiger charge is -2.26. The van der Waals surface area contributed by atoms with E-state index in [2.05, 4.69) is 9.97 Å². The van der Waals surface area contributed by atoms with Crippen LogP contribution in [0.3, 0.4) is 0 Å². The molecule has 0 bridgehead atoms. The van der Waals surface area contributed by atoms with Crippen molar-refractivity contribution in [3.63, 3.8) is 0 Å². The molecular weight excluding hydrogens is 360 g/mol. The lowest BCUT2D eigenvalue weighted by Crippen LogP contribution is -2.36. The second-order valence-electron chi connectivity index (χ2n) is 6.12. The molecule has 0 spiro atoms. The van der Waals surface area contributed by atoms with Gasteiger partial charge in [-0.05, 0) is 42.5 Å². The summed E-state index contributed by atoms with van der Waals surface area (Å²) in [6.45, 7) is 0.809. The molecule has 0 unspecified atom stereocenters. The van der Waals surface area contributed by atoms with Gasteiger partial charge in [0.2, 0.25) is 0 Å². The van der Waals surface area contributed by atoms with Crippen molar-refractivity contribution in [3.8, 4) is 11.4 Å². The Bertz CT molecular complexity index is 985. The van der Waals surface area contributed by atoms with Gasteiger partial charge in [0.25, 0.3) is 5.91 Å². The Balaban J connectivity index is 1.56. The van der Waals surface area contributed by atoms with E-state index < -0.39 is 11.6 Å². The monoisotopic (exact) mass is 373 g/mol. The molecule has 1 aliphatic rings. The van der Waals surface area contributed by atoms with Crippen LogP contribution in [-0.4, -0.2) is 27.3 Å². The Morgan fingerprint density at radius 3 is 2.62 bits per heavy atom. The van der Waals surface area contributed by atoms with Crippen molar-refractivity contribution >= 4 is 17.5 Å². The zero-order chi connectivity index (χ0) is 18.3. The number of hydrogen-bond acceptors (Lipinski definition) is 2. The molecule has 1 amide bonds. The van der Waals surface area contributed by atoms with Crippen LogP contribution in [0.1, 0.15) is 21.7 Å². The lowest BCUT2D eigenvalue weighted by molar-refractivity contribution is 0.0731. The van der Waals surface area contributed by atoms with Gasteiger partial charge in [0.15, 0.2) is 11.6 Å². The molecule has 3 aromatic rings. The molecule has 0 fully saturated rings. The number of fused-ring (bicyclic) bond motifs is 1. The standard InChI is InChI=1S/C19H14ClF2N3O/c20-13-4-1-11(2-5-13)18-23-16-7-8-25(10-17(16)24-18)19(26)12-3-6-14(21)15(22)9-12/h1-6,9H,7-8,10H2,(H,23,24). The van der Waals surface area contributed by atoms with Crippen LogP contribution >= 0.6 is 11.6 Å². The Kier molecular flexibility index (Phi) is 4.20. The number of hydrogen-bond donors (Lipinski definition) is 1. The summed E-state index contributed by atoms with van der Waals surface area (Å²) in [5.41, 5.74) is 2.79. The van der Waals surface area contributed by atoms with E-state index in [4.69, 9.17) is 11.6 Å². The highest BCUT2D eigenvalue weighted by Gasteiger charge is 2.25. The van der Waals surface area contributed by atoms with Crippen LogP contribution < -0.4 is 0 Å². The Labute approximate surface area is 153 Å². The summed E-state index contributed by atoms with van der Waals surface area (Å²) in [6, 6.07) is 10.5. The minimum absolute atomic E-state index is 0.129. The highest BCUT2D eigenvalue weighted by atomic mass is 35.5. The zero-order valence-electron chi connectivity index (χ0n) is 13.6. The maximum atomic E-state index is 13.4. The number of rotatable bonds is 2. The van der Waals surface area contributed by atoms with Gasteiger partial charge >= 0.3 is 0 Å². The van der Waals surface area contributed by atoms with E-state index in [9.17, 15) is 13.6 Å². The van der Waals surface area contributed by atoms with Gasteiger partial charge in [0.1, 0.15) is 5.82 Å². The number of H-pyrrole nitrogens is 1. The first-order valence-corrected chi connectivity index (χ1v) is 8.47. The van der Waals surface area contributed by atoms with Gasteiger partial charge in [-0.2, -0.15) is 0 Å². The summed E-state index contributed by atoms with van der Waals surface area (Å²) in [7, 11) is 0. The SMILES string of the molecule is O=C(c1ccc(F)c(F)c1)N1CCc2nc(-c3ccc(Cl)cc3)[nH]c2C1. The normalized spacial score (nSPS) is 13.6. The Morgan fingerprint density at radius 2 is 1.88 bits per heavy atom. The molecule has 2 aromatic carbocycles. The summed E-state index contributed by atoms with van der Waals surface area (Å²) in [5, 5.41) is 0.647. The van der Waals surface area contributed by atoms with Crippen molar-refractivity contribution < 1.29 is 13.6 Å². The predicted molar refractivity (Wildman–Crippen MR) is 93.8 cm³/mol. The van der Waals surface area contributed by atoms with E-state index >= 15 is 0 Å². The van der Waals surface area contributed by atoms with Gasteiger partial charge in [-0.25, -0.2) is 13.8 Å². The number of halogens is 3. The minimum atomic E-state index is -1.03. The van der Waals surface area contributed by atoms with Gasteiger partial charge in [-0.15, -0.1) is 0 Å². The van der Waals surface area contributed by atoms with Gasteiger partial charge in [-0.3, -0.25) is 4.79 Å². The molecule has 2 heterocycles. The lowest BCUT2D eigenvalue weighted by atomic mass is 10.1. The van der Waals surface area contributed by atoms with Crippen LogP contribution in [0.4, 0.5) is 8.78 Å². The molecule has 4 nitrogen and oxygen atoms in total. The molecule has 1 aromatic heterocycles. The number of carbonyl (C=O) groups is 1. The number of benzene rings is 2. The molecule has 0 saturated heterocycles.